The third-order valence-electron chi connectivity index (χ3n) is 7.27. The molecule has 0 saturated heterocycles. The molecule has 2 aromatic heterocycles. The maximum absolute atomic E-state index is 12.8. The van der Waals surface area contributed by atoms with Crippen molar-refractivity contribution in [1.82, 2.24) is 19.1 Å². The molecule has 7 heteroatoms. The minimum atomic E-state index is -0.0747. The van der Waals surface area contributed by atoms with Crippen LogP contribution >= 0.6 is 23.4 Å². The van der Waals surface area contributed by atoms with Gasteiger partial charge in [0.15, 0.2) is 5.16 Å². The van der Waals surface area contributed by atoms with Gasteiger partial charge in [-0.2, -0.15) is 4.98 Å². The molecule has 39 heavy (non-hydrogen) atoms. The van der Waals surface area contributed by atoms with Gasteiger partial charge in [0.1, 0.15) is 5.82 Å². The molecule has 1 aliphatic rings. The molecule has 196 valence electrons. The highest BCUT2D eigenvalue weighted by atomic mass is 35.5. The molecule has 0 saturated carbocycles. The second-order valence-electron chi connectivity index (χ2n) is 10.0. The Morgan fingerprint density at radius 3 is 2.31 bits per heavy atom. The average Bonchev–Trinajstić information content (AvgIpc) is 3.61. The molecule has 0 N–H and O–H groups in total. The molecule has 3 aromatic carbocycles. The van der Waals surface area contributed by atoms with Crippen molar-refractivity contribution < 1.29 is 0 Å². The fourth-order valence-electron chi connectivity index (χ4n) is 5.11. The number of imidazole rings is 1. The summed E-state index contributed by atoms with van der Waals surface area (Å²) in [5.74, 6) is 1.72. The van der Waals surface area contributed by atoms with E-state index in [0.717, 1.165) is 69.9 Å². The quantitative estimate of drug-likeness (QED) is 0.154. The highest BCUT2D eigenvalue weighted by molar-refractivity contribution is 7.98. The van der Waals surface area contributed by atoms with Gasteiger partial charge in [0.05, 0.1) is 6.54 Å². The Bertz CT molecular complexity index is 1660. The molecule has 2 heterocycles. The summed E-state index contributed by atoms with van der Waals surface area (Å²) in [6.45, 7) is 3.40. The number of fused-ring (bicyclic) bond motifs is 1. The SMILES string of the molecule is Cc1ccc(CSc2nc(=O)c3c(n2Cc2nccn2Cc2ccc(-c4ccc(Cl)cc4)cc2)CCC3)cc1. The van der Waals surface area contributed by atoms with Crippen LogP contribution in [0.1, 0.15) is 40.2 Å². The van der Waals surface area contributed by atoms with E-state index in [1.807, 2.05) is 36.7 Å². The lowest BCUT2D eigenvalue weighted by atomic mass is 10.0. The van der Waals surface area contributed by atoms with Gasteiger partial charge in [0.2, 0.25) is 0 Å². The zero-order valence-electron chi connectivity index (χ0n) is 21.8. The van der Waals surface area contributed by atoms with Gasteiger partial charge in [0, 0.05) is 41.0 Å². The summed E-state index contributed by atoms with van der Waals surface area (Å²) >= 11 is 7.67. The summed E-state index contributed by atoms with van der Waals surface area (Å²) in [6.07, 6.45) is 6.58. The third kappa shape index (κ3) is 5.72. The summed E-state index contributed by atoms with van der Waals surface area (Å²) in [7, 11) is 0. The first-order valence-electron chi connectivity index (χ1n) is 13.2. The first kappa shape index (κ1) is 25.7. The highest BCUT2D eigenvalue weighted by Gasteiger charge is 2.23. The predicted octanol–water partition coefficient (Wildman–Crippen LogP) is 6.95. The lowest BCUT2D eigenvalue weighted by molar-refractivity contribution is 0.581. The summed E-state index contributed by atoms with van der Waals surface area (Å²) in [4.78, 5) is 22.1. The van der Waals surface area contributed by atoms with E-state index in [2.05, 4.69) is 69.6 Å². The number of rotatable bonds is 8. The summed E-state index contributed by atoms with van der Waals surface area (Å²) in [5, 5.41) is 1.51. The molecule has 0 unspecified atom stereocenters. The van der Waals surface area contributed by atoms with Crippen LogP contribution in [0.25, 0.3) is 11.1 Å². The Hall–Kier alpha value is -3.61. The van der Waals surface area contributed by atoms with Crippen molar-refractivity contribution in [2.24, 2.45) is 0 Å². The number of nitrogens with zero attached hydrogens (tertiary/aromatic N) is 4. The van der Waals surface area contributed by atoms with Gasteiger partial charge in [-0.1, -0.05) is 89.6 Å². The lowest BCUT2D eigenvalue weighted by Crippen LogP contribution is -2.23. The molecule has 0 spiro atoms. The van der Waals surface area contributed by atoms with Gasteiger partial charge in [-0.05, 0) is 60.6 Å². The fourth-order valence-corrected chi connectivity index (χ4v) is 6.20. The van der Waals surface area contributed by atoms with Crippen molar-refractivity contribution in [2.45, 2.75) is 50.2 Å². The smallest absolute Gasteiger partial charge is 0.277 e. The molecule has 5 nitrogen and oxygen atoms in total. The predicted molar refractivity (Wildman–Crippen MR) is 159 cm³/mol. The molecule has 0 atom stereocenters. The van der Waals surface area contributed by atoms with Gasteiger partial charge in [0.25, 0.3) is 5.56 Å². The monoisotopic (exact) mass is 552 g/mol. The van der Waals surface area contributed by atoms with Crippen molar-refractivity contribution in [1.29, 1.82) is 0 Å². The maximum atomic E-state index is 12.8. The van der Waals surface area contributed by atoms with Crippen molar-refractivity contribution in [3.63, 3.8) is 0 Å². The Morgan fingerprint density at radius 1 is 0.872 bits per heavy atom. The van der Waals surface area contributed by atoms with E-state index in [-0.39, 0.29) is 5.56 Å². The van der Waals surface area contributed by atoms with E-state index in [1.54, 1.807) is 11.8 Å². The molecule has 6 rings (SSSR count). The highest BCUT2D eigenvalue weighted by Crippen LogP contribution is 2.28. The molecule has 0 bridgehead atoms. The Morgan fingerprint density at radius 2 is 1.56 bits per heavy atom. The van der Waals surface area contributed by atoms with Crippen LogP contribution in [0.15, 0.2) is 95.1 Å². The number of benzene rings is 3. The number of aromatic nitrogens is 4. The fraction of sp³-hybridized carbons (Fsp3) is 0.219. The summed E-state index contributed by atoms with van der Waals surface area (Å²) < 4.78 is 4.41. The van der Waals surface area contributed by atoms with Crippen LogP contribution in [-0.4, -0.2) is 19.1 Å². The van der Waals surface area contributed by atoms with Crippen LogP contribution in [0.4, 0.5) is 0 Å². The molecular formula is C32H29ClN4OS. The lowest BCUT2D eigenvalue weighted by Gasteiger charge is -2.18. The van der Waals surface area contributed by atoms with E-state index in [4.69, 9.17) is 16.6 Å². The molecule has 5 aromatic rings. The van der Waals surface area contributed by atoms with Crippen LogP contribution in [0.3, 0.4) is 0 Å². The Kier molecular flexibility index (Phi) is 7.40. The molecule has 0 amide bonds. The number of halogens is 1. The van der Waals surface area contributed by atoms with Gasteiger partial charge in [-0.25, -0.2) is 4.98 Å². The molecule has 0 fully saturated rings. The van der Waals surface area contributed by atoms with Crippen molar-refractivity contribution in [3.05, 3.63) is 134 Å². The zero-order chi connectivity index (χ0) is 26.8. The second kappa shape index (κ2) is 11.2. The topological polar surface area (TPSA) is 52.7 Å². The maximum Gasteiger partial charge on any atom is 0.277 e. The molecule has 1 aliphatic carbocycles. The first-order chi connectivity index (χ1) is 19.0. The first-order valence-corrected chi connectivity index (χ1v) is 14.6. The molecule has 0 radical (unpaired) electrons. The van der Waals surface area contributed by atoms with E-state index < -0.39 is 0 Å². The van der Waals surface area contributed by atoms with Gasteiger partial charge < -0.3 is 9.13 Å². The van der Waals surface area contributed by atoms with E-state index in [0.29, 0.717) is 6.54 Å². The standard InChI is InChI=1S/C32H29ClN4OS/c1-22-5-7-24(8-6-22)21-39-32-35-31(38)28-3-2-4-29(28)37(32)20-30-34-17-18-36(30)19-23-9-11-25(12-10-23)26-13-15-27(33)16-14-26/h5-18H,2-4,19-21H2,1H3. The number of hydrogen-bond acceptors (Lipinski definition) is 4. The van der Waals surface area contributed by atoms with Gasteiger partial charge >= 0.3 is 0 Å². The van der Waals surface area contributed by atoms with Crippen molar-refractivity contribution >= 4 is 23.4 Å². The van der Waals surface area contributed by atoms with Crippen molar-refractivity contribution in [2.75, 3.05) is 0 Å². The Labute approximate surface area is 237 Å². The van der Waals surface area contributed by atoms with Crippen molar-refractivity contribution in [3.8, 4) is 11.1 Å². The summed E-state index contributed by atoms with van der Waals surface area (Å²) in [6, 6.07) is 25.1. The zero-order valence-corrected chi connectivity index (χ0v) is 23.4. The Balaban J connectivity index is 1.24. The number of aryl methyl sites for hydroxylation is 1. The van der Waals surface area contributed by atoms with Crippen LogP contribution in [-0.2, 0) is 31.7 Å². The second-order valence-corrected chi connectivity index (χ2v) is 11.4. The van der Waals surface area contributed by atoms with E-state index in [9.17, 15) is 4.79 Å². The van der Waals surface area contributed by atoms with Gasteiger partial charge in [-0.15, -0.1) is 0 Å². The minimum absolute atomic E-state index is 0.0747. The van der Waals surface area contributed by atoms with E-state index in [1.165, 1.54) is 16.7 Å². The average molecular weight is 553 g/mol. The van der Waals surface area contributed by atoms with E-state index >= 15 is 0 Å². The van der Waals surface area contributed by atoms with Crippen LogP contribution < -0.4 is 5.56 Å². The third-order valence-corrected chi connectivity index (χ3v) is 8.57. The van der Waals surface area contributed by atoms with Crippen LogP contribution in [0, 0.1) is 6.92 Å². The number of thioether (sulfide) groups is 1. The van der Waals surface area contributed by atoms with Crippen LogP contribution in [0.2, 0.25) is 5.02 Å². The minimum Gasteiger partial charge on any atom is -0.329 e. The largest absolute Gasteiger partial charge is 0.329 e. The normalized spacial score (nSPS) is 12.6. The van der Waals surface area contributed by atoms with Gasteiger partial charge in [-0.3, -0.25) is 4.79 Å². The summed E-state index contributed by atoms with van der Waals surface area (Å²) in [5.41, 5.74) is 7.86. The molecule has 0 aliphatic heterocycles. The molecular weight excluding hydrogens is 524 g/mol. The van der Waals surface area contributed by atoms with Crippen LogP contribution in [0.5, 0.6) is 0 Å². The number of hydrogen-bond donors (Lipinski definition) is 0.